The smallest absolute Gasteiger partial charge is 0.262 e. The highest BCUT2D eigenvalue weighted by atomic mass is 32.2. The Balaban J connectivity index is 1.94. The van der Waals surface area contributed by atoms with Crippen molar-refractivity contribution in [3.63, 3.8) is 0 Å². The molecule has 4 rings (SSSR count). The van der Waals surface area contributed by atoms with Crippen LogP contribution in [0.2, 0.25) is 0 Å². The van der Waals surface area contributed by atoms with Gasteiger partial charge in [-0.15, -0.1) is 0 Å². The van der Waals surface area contributed by atoms with E-state index in [2.05, 4.69) is 4.98 Å². The molecule has 3 aromatic rings. The molecule has 0 radical (unpaired) electrons. The monoisotopic (exact) mass is 352 g/mol. The van der Waals surface area contributed by atoms with Crippen LogP contribution in [0.15, 0.2) is 58.5 Å². The van der Waals surface area contributed by atoms with Crippen molar-refractivity contribution < 1.29 is 4.79 Å². The summed E-state index contributed by atoms with van der Waals surface area (Å²) in [7, 11) is 1.74. The van der Waals surface area contributed by atoms with Gasteiger partial charge in [0.25, 0.3) is 5.56 Å². The summed E-state index contributed by atoms with van der Waals surface area (Å²) >= 11 is 1.41. The Labute approximate surface area is 148 Å². The molecule has 2 atom stereocenters. The maximum absolute atomic E-state index is 13.0. The van der Waals surface area contributed by atoms with Crippen molar-refractivity contribution in [2.45, 2.75) is 23.4 Å². The van der Waals surface area contributed by atoms with Crippen LogP contribution in [0.25, 0.3) is 10.9 Å². The highest BCUT2D eigenvalue weighted by Gasteiger charge is 2.38. The first kappa shape index (κ1) is 15.8. The zero-order valence-corrected chi connectivity index (χ0v) is 14.6. The first-order valence-electron chi connectivity index (χ1n) is 7.93. The lowest BCUT2D eigenvalue weighted by Gasteiger charge is -2.36. The number of pyridine rings is 1. The average Bonchev–Trinajstić information content (AvgIpc) is 2.64. The standard InChI is InChI=1S/C18H16N4O2S/c1-11-16(23)21(2)18(25-14-9-5-6-10-19-14)15-20-13-8-4-3-7-12(13)17(24)22(11)15/h3-11,18H,1-2H3/t11-,18+/m0/s1. The second kappa shape index (κ2) is 6.00. The van der Waals surface area contributed by atoms with Crippen LogP contribution in [0.1, 0.15) is 24.2 Å². The lowest BCUT2D eigenvalue weighted by Crippen LogP contribution is -2.46. The number of thioether (sulfide) groups is 1. The minimum atomic E-state index is -0.579. The molecule has 7 heteroatoms. The van der Waals surface area contributed by atoms with E-state index >= 15 is 0 Å². The van der Waals surface area contributed by atoms with E-state index in [1.54, 1.807) is 37.2 Å². The van der Waals surface area contributed by atoms with Crippen LogP contribution in [0.5, 0.6) is 0 Å². The number of hydrogen-bond acceptors (Lipinski definition) is 5. The molecule has 0 bridgehead atoms. The predicted molar refractivity (Wildman–Crippen MR) is 96.3 cm³/mol. The minimum absolute atomic E-state index is 0.111. The van der Waals surface area contributed by atoms with Crippen molar-refractivity contribution in [1.82, 2.24) is 19.4 Å². The van der Waals surface area contributed by atoms with Crippen LogP contribution < -0.4 is 5.56 Å². The van der Waals surface area contributed by atoms with Gasteiger partial charge in [-0.05, 0) is 31.2 Å². The van der Waals surface area contributed by atoms with Crippen molar-refractivity contribution in [3.05, 3.63) is 64.8 Å². The fourth-order valence-corrected chi connectivity index (χ4v) is 4.11. The molecule has 1 aliphatic rings. The van der Waals surface area contributed by atoms with Crippen molar-refractivity contribution >= 4 is 28.6 Å². The highest BCUT2D eigenvalue weighted by molar-refractivity contribution is 7.99. The third kappa shape index (κ3) is 2.51. The first-order chi connectivity index (χ1) is 12.1. The van der Waals surface area contributed by atoms with Crippen LogP contribution in [-0.2, 0) is 4.79 Å². The number of amides is 1. The largest absolute Gasteiger partial charge is 0.324 e. The molecule has 0 unspecified atom stereocenters. The molecule has 1 aliphatic heterocycles. The number of nitrogens with zero attached hydrogens (tertiary/aromatic N) is 4. The van der Waals surface area contributed by atoms with Crippen LogP contribution in [0.4, 0.5) is 0 Å². The Morgan fingerprint density at radius 2 is 1.84 bits per heavy atom. The number of likely N-dealkylation sites (N-methyl/N-ethyl adjacent to an activating group) is 1. The van der Waals surface area contributed by atoms with E-state index in [1.165, 1.54) is 16.3 Å². The molecule has 0 N–H and O–H groups in total. The summed E-state index contributed by atoms with van der Waals surface area (Å²) in [4.78, 5) is 36.3. The van der Waals surface area contributed by atoms with Crippen molar-refractivity contribution in [3.8, 4) is 0 Å². The van der Waals surface area contributed by atoms with Crippen LogP contribution in [0.3, 0.4) is 0 Å². The molecule has 1 amide bonds. The van der Waals surface area contributed by atoms with Gasteiger partial charge >= 0.3 is 0 Å². The Kier molecular flexibility index (Phi) is 3.80. The molecule has 2 aromatic heterocycles. The van der Waals surface area contributed by atoms with Gasteiger partial charge in [-0.3, -0.25) is 14.2 Å². The minimum Gasteiger partial charge on any atom is -0.324 e. The molecular weight excluding hydrogens is 336 g/mol. The summed E-state index contributed by atoms with van der Waals surface area (Å²) in [5, 5.41) is 0.892. The fraction of sp³-hybridized carbons (Fsp3) is 0.222. The van der Waals surface area contributed by atoms with Gasteiger partial charge in [0, 0.05) is 13.2 Å². The fourth-order valence-electron chi connectivity index (χ4n) is 3.07. The summed E-state index contributed by atoms with van der Waals surface area (Å²) in [5.74, 6) is 0.467. The first-order valence-corrected chi connectivity index (χ1v) is 8.81. The predicted octanol–water partition coefficient (Wildman–Crippen LogP) is 2.62. The van der Waals surface area contributed by atoms with E-state index in [0.29, 0.717) is 16.7 Å². The topological polar surface area (TPSA) is 68.1 Å². The molecule has 6 nitrogen and oxygen atoms in total. The molecular formula is C18H16N4O2S. The van der Waals surface area contributed by atoms with Crippen LogP contribution >= 0.6 is 11.8 Å². The highest BCUT2D eigenvalue weighted by Crippen LogP contribution is 2.40. The summed E-state index contributed by atoms with van der Waals surface area (Å²) in [6.07, 6.45) is 1.70. The van der Waals surface area contributed by atoms with E-state index in [-0.39, 0.29) is 11.5 Å². The summed E-state index contributed by atoms with van der Waals surface area (Å²) < 4.78 is 1.52. The van der Waals surface area contributed by atoms with Gasteiger partial charge in [-0.1, -0.05) is 30.0 Å². The Bertz CT molecular complexity index is 1020. The molecule has 0 saturated carbocycles. The Morgan fingerprint density at radius 1 is 1.08 bits per heavy atom. The van der Waals surface area contributed by atoms with Gasteiger partial charge in [-0.2, -0.15) is 0 Å². The van der Waals surface area contributed by atoms with E-state index in [0.717, 1.165) is 5.03 Å². The van der Waals surface area contributed by atoms with E-state index in [4.69, 9.17) is 4.98 Å². The zero-order valence-electron chi connectivity index (χ0n) is 13.8. The molecule has 126 valence electrons. The van der Waals surface area contributed by atoms with Gasteiger partial charge in [0.1, 0.15) is 17.2 Å². The zero-order chi connectivity index (χ0) is 17.6. The van der Waals surface area contributed by atoms with Gasteiger partial charge in [0.2, 0.25) is 5.91 Å². The Morgan fingerprint density at radius 3 is 2.60 bits per heavy atom. The van der Waals surface area contributed by atoms with Crippen LogP contribution in [-0.4, -0.2) is 32.4 Å². The van der Waals surface area contributed by atoms with Gasteiger partial charge in [0.15, 0.2) is 0 Å². The SMILES string of the molecule is C[C@H]1C(=O)N(C)[C@H](Sc2ccccn2)c2nc3ccccc3c(=O)n21. The number of para-hydroxylation sites is 1. The second-order valence-corrected chi connectivity index (χ2v) is 7.03. The lowest BCUT2D eigenvalue weighted by atomic mass is 10.1. The van der Waals surface area contributed by atoms with E-state index < -0.39 is 11.4 Å². The normalized spacial score (nSPS) is 19.9. The number of benzene rings is 1. The van der Waals surface area contributed by atoms with E-state index in [9.17, 15) is 9.59 Å². The summed E-state index contributed by atoms with van der Waals surface area (Å²) in [6, 6.07) is 12.3. The number of fused-ring (bicyclic) bond motifs is 2. The number of carbonyl (C=O) groups is 1. The van der Waals surface area contributed by atoms with Crippen molar-refractivity contribution in [2.75, 3.05) is 7.05 Å². The maximum Gasteiger partial charge on any atom is 0.262 e. The molecule has 1 aromatic carbocycles. The summed E-state index contributed by atoms with van der Waals surface area (Å²) in [5.41, 5.74) is 0.460. The molecule has 0 spiro atoms. The van der Waals surface area contributed by atoms with Gasteiger partial charge in [0.05, 0.1) is 15.9 Å². The van der Waals surface area contributed by atoms with Crippen molar-refractivity contribution in [2.24, 2.45) is 0 Å². The Hall–Kier alpha value is -2.67. The quantitative estimate of drug-likeness (QED) is 0.709. The third-order valence-corrected chi connectivity index (χ3v) is 5.60. The van der Waals surface area contributed by atoms with Gasteiger partial charge in [-0.25, -0.2) is 9.97 Å². The number of carbonyl (C=O) groups excluding carboxylic acids is 1. The average molecular weight is 352 g/mol. The van der Waals surface area contributed by atoms with Crippen LogP contribution in [0, 0.1) is 0 Å². The number of hydrogen-bond donors (Lipinski definition) is 0. The third-order valence-electron chi connectivity index (χ3n) is 4.37. The van der Waals surface area contributed by atoms with Crippen molar-refractivity contribution in [1.29, 1.82) is 0 Å². The summed E-state index contributed by atoms with van der Waals surface area (Å²) in [6.45, 7) is 1.74. The second-order valence-electron chi connectivity index (χ2n) is 5.93. The lowest BCUT2D eigenvalue weighted by molar-refractivity contribution is -0.135. The molecule has 0 fully saturated rings. The molecule has 0 saturated heterocycles. The number of aromatic nitrogens is 3. The number of rotatable bonds is 2. The maximum atomic E-state index is 13.0. The molecule has 25 heavy (non-hydrogen) atoms. The molecule has 3 heterocycles. The van der Waals surface area contributed by atoms with E-state index in [1.807, 2.05) is 30.3 Å². The molecule has 0 aliphatic carbocycles. The van der Waals surface area contributed by atoms with Gasteiger partial charge < -0.3 is 4.90 Å².